The molecule has 0 aliphatic rings. The molecule has 2 atom stereocenters. The highest BCUT2D eigenvalue weighted by molar-refractivity contribution is 5.95. The normalized spacial score (nSPS) is 12.8. The first kappa shape index (κ1) is 21.4. The van der Waals surface area contributed by atoms with Crippen LogP contribution in [0.1, 0.15) is 20.3 Å². The van der Waals surface area contributed by atoms with Crippen LogP contribution in [0.25, 0.3) is 0 Å². The number of anilines is 1. The molecule has 1 aromatic carbocycles. The summed E-state index contributed by atoms with van der Waals surface area (Å²) >= 11 is 0. The van der Waals surface area contributed by atoms with Crippen LogP contribution in [0, 0.1) is 17.5 Å². The monoisotopic (exact) mass is 375 g/mol. The molecule has 1 unspecified atom stereocenters. The second-order valence-electron chi connectivity index (χ2n) is 5.91. The molecule has 1 aromatic rings. The number of amides is 4. The van der Waals surface area contributed by atoms with Gasteiger partial charge in [0.15, 0.2) is 30.5 Å². The number of hydrogen-bond donors (Lipinski definition) is 4. The van der Waals surface area contributed by atoms with Crippen LogP contribution < -0.4 is 20.9 Å². The van der Waals surface area contributed by atoms with E-state index in [9.17, 15) is 27.6 Å². The van der Waals surface area contributed by atoms with Gasteiger partial charge in [-0.1, -0.05) is 6.92 Å². The smallest absolute Gasteiger partial charge is 0.321 e. The van der Waals surface area contributed by atoms with E-state index in [2.05, 4.69) is 16.0 Å². The van der Waals surface area contributed by atoms with Gasteiger partial charge < -0.3 is 15.5 Å². The number of nitrogens with one attached hydrogen (secondary N) is 4. The average Bonchev–Trinajstić information content (AvgIpc) is 2.54. The summed E-state index contributed by atoms with van der Waals surface area (Å²) in [5, 5.41) is 6.79. The summed E-state index contributed by atoms with van der Waals surface area (Å²) < 4.78 is 39.5. The topological polar surface area (TPSA) is 91.7 Å². The van der Waals surface area contributed by atoms with Crippen LogP contribution in [0.5, 0.6) is 0 Å². The predicted molar refractivity (Wildman–Crippen MR) is 88.0 cm³/mol. The Hall–Kier alpha value is -2.62. The van der Waals surface area contributed by atoms with Crippen LogP contribution in [0.2, 0.25) is 0 Å². The minimum Gasteiger partial charge on any atom is -0.335 e. The summed E-state index contributed by atoms with van der Waals surface area (Å²) in [5.41, 5.74) is -0.501. The maximum absolute atomic E-state index is 13.5. The number of urea groups is 1. The van der Waals surface area contributed by atoms with Crippen molar-refractivity contribution in [3.63, 3.8) is 0 Å². The Morgan fingerprint density at radius 2 is 1.69 bits per heavy atom. The molecule has 0 fully saturated rings. The zero-order valence-electron chi connectivity index (χ0n) is 14.7. The van der Waals surface area contributed by atoms with Crippen LogP contribution in [-0.4, -0.2) is 44.0 Å². The summed E-state index contributed by atoms with van der Waals surface area (Å²) in [6, 6.07) is 0.857. The highest BCUT2D eigenvalue weighted by atomic mass is 19.2. The van der Waals surface area contributed by atoms with Crippen LogP contribution >= 0.6 is 0 Å². The van der Waals surface area contributed by atoms with Crippen molar-refractivity contribution in [2.45, 2.75) is 26.3 Å². The molecular formula is C16H22F3N4O3+. The van der Waals surface area contributed by atoms with E-state index in [1.807, 2.05) is 6.92 Å². The van der Waals surface area contributed by atoms with Gasteiger partial charge in [-0.2, -0.15) is 0 Å². The molecule has 7 nitrogen and oxygen atoms in total. The van der Waals surface area contributed by atoms with Crippen molar-refractivity contribution in [2.75, 3.05) is 25.5 Å². The third-order valence-corrected chi connectivity index (χ3v) is 3.48. The van der Waals surface area contributed by atoms with Crippen molar-refractivity contribution < 1.29 is 32.5 Å². The van der Waals surface area contributed by atoms with E-state index in [0.717, 1.165) is 6.07 Å². The number of benzene rings is 1. The van der Waals surface area contributed by atoms with Crippen molar-refractivity contribution >= 4 is 23.5 Å². The van der Waals surface area contributed by atoms with Crippen molar-refractivity contribution in [2.24, 2.45) is 0 Å². The van der Waals surface area contributed by atoms with Crippen molar-refractivity contribution in [1.82, 2.24) is 10.6 Å². The molecule has 1 rings (SSSR count). The molecule has 4 N–H and O–H groups in total. The molecule has 0 aliphatic carbocycles. The Balaban J connectivity index is 2.48. The Bertz CT molecular complexity index is 685. The Morgan fingerprint density at radius 1 is 1.08 bits per heavy atom. The van der Waals surface area contributed by atoms with Crippen LogP contribution in [0.15, 0.2) is 12.1 Å². The third kappa shape index (κ3) is 6.71. The fraction of sp³-hybridized carbons (Fsp3) is 0.438. The van der Waals surface area contributed by atoms with Crippen molar-refractivity contribution in [3.8, 4) is 0 Å². The van der Waals surface area contributed by atoms with Gasteiger partial charge in [-0.15, -0.1) is 0 Å². The van der Waals surface area contributed by atoms with E-state index in [4.69, 9.17) is 0 Å². The number of likely N-dealkylation sites (N-methyl/N-ethyl adjacent to an activating group) is 1. The number of quaternary nitrogens is 1. The van der Waals surface area contributed by atoms with Crippen molar-refractivity contribution in [1.29, 1.82) is 0 Å². The predicted octanol–water partition coefficient (Wildman–Crippen LogP) is 0.181. The quantitative estimate of drug-likeness (QED) is 0.513. The first-order valence-corrected chi connectivity index (χ1v) is 7.99. The van der Waals surface area contributed by atoms with Gasteiger partial charge in [-0.05, 0) is 25.5 Å². The molecule has 4 amide bonds. The van der Waals surface area contributed by atoms with Crippen molar-refractivity contribution in [3.05, 3.63) is 29.6 Å². The molecule has 0 aromatic heterocycles. The first-order chi connectivity index (χ1) is 12.1. The van der Waals surface area contributed by atoms with E-state index in [1.165, 1.54) is 7.05 Å². The highest BCUT2D eigenvalue weighted by Gasteiger charge is 2.19. The number of imide groups is 1. The molecule has 10 heteroatoms. The van der Waals surface area contributed by atoms with Gasteiger partial charge in [0.1, 0.15) is 0 Å². The van der Waals surface area contributed by atoms with E-state index < -0.39 is 41.0 Å². The minimum atomic E-state index is -1.69. The first-order valence-electron chi connectivity index (χ1n) is 7.99. The molecule has 0 spiro atoms. The van der Waals surface area contributed by atoms with E-state index >= 15 is 0 Å². The zero-order valence-corrected chi connectivity index (χ0v) is 14.7. The van der Waals surface area contributed by atoms with Gasteiger partial charge in [-0.3, -0.25) is 14.9 Å². The molecule has 0 saturated heterocycles. The Labute approximate surface area is 148 Å². The lowest BCUT2D eigenvalue weighted by Gasteiger charge is -2.15. The van der Waals surface area contributed by atoms with Gasteiger partial charge in [0.05, 0.1) is 12.7 Å². The largest absolute Gasteiger partial charge is 0.335 e. The lowest BCUT2D eigenvalue weighted by Crippen LogP contribution is -3.11. The maximum atomic E-state index is 13.5. The molecule has 0 radical (unpaired) electrons. The Kier molecular flexibility index (Phi) is 8.04. The van der Waals surface area contributed by atoms with E-state index in [0.29, 0.717) is 17.4 Å². The van der Waals surface area contributed by atoms with Gasteiger partial charge in [0, 0.05) is 6.04 Å². The summed E-state index contributed by atoms with van der Waals surface area (Å²) in [6.45, 7) is 3.21. The van der Waals surface area contributed by atoms with Crippen LogP contribution in [0.3, 0.4) is 0 Å². The van der Waals surface area contributed by atoms with Gasteiger partial charge in [0.2, 0.25) is 0 Å². The number of rotatable bonds is 7. The summed E-state index contributed by atoms with van der Waals surface area (Å²) in [4.78, 5) is 35.5. The Morgan fingerprint density at radius 3 is 2.31 bits per heavy atom. The second kappa shape index (κ2) is 9.76. The molecule has 144 valence electrons. The maximum Gasteiger partial charge on any atom is 0.321 e. The fourth-order valence-corrected chi connectivity index (χ4v) is 1.96. The SMILES string of the molecule is CC[C@H](C)NC(=O)NC(=O)C[NH+](C)CC(=O)Nc1ccc(F)c(F)c1F. The fourth-order valence-electron chi connectivity index (χ4n) is 1.96. The van der Waals surface area contributed by atoms with E-state index in [1.54, 1.807) is 6.92 Å². The standard InChI is InChI=1S/C16H21F3N4O3/c1-4-9(2)20-16(26)22-13(25)8-23(3)7-12(24)21-11-6-5-10(17)14(18)15(11)19/h5-6,9H,4,7-8H2,1-3H3,(H,21,24)(H2,20,22,25,26)/p+1/t9-/m0/s1. The molecule has 0 saturated carbocycles. The zero-order chi connectivity index (χ0) is 19.9. The molecule has 26 heavy (non-hydrogen) atoms. The number of carbonyl (C=O) groups is 3. The second-order valence-corrected chi connectivity index (χ2v) is 5.91. The third-order valence-electron chi connectivity index (χ3n) is 3.48. The highest BCUT2D eigenvalue weighted by Crippen LogP contribution is 2.19. The minimum absolute atomic E-state index is 0.0929. The van der Waals surface area contributed by atoms with Gasteiger partial charge in [-0.25, -0.2) is 18.0 Å². The lowest BCUT2D eigenvalue weighted by molar-refractivity contribution is -0.862. The summed E-state index contributed by atoms with van der Waals surface area (Å²) in [7, 11) is 1.51. The average molecular weight is 375 g/mol. The summed E-state index contributed by atoms with van der Waals surface area (Å²) in [5.74, 6) is -5.86. The molecule has 0 aliphatic heterocycles. The van der Waals surface area contributed by atoms with Gasteiger partial charge >= 0.3 is 6.03 Å². The van der Waals surface area contributed by atoms with Crippen LogP contribution in [-0.2, 0) is 9.59 Å². The van der Waals surface area contributed by atoms with E-state index in [-0.39, 0.29) is 19.1 Å². The number of carbonyl (C=O) groups excluding carboxylic acids is 3. The lowest BCUT2D eigenvalue weighted by atomic mass is 10.2. The molecular weight excluding hydrogens is 353 g/mol. The summed E-state index contributed by atoms with van der Waals surface area (Å²) in [6.07, 6.45) is 0.702. The van der Waals surface area contributed by atoms with Gasteiger partial charge in [0.25, 0.3) is 11.8 Å². The number of hydrogen-bond acceptors (Lipinski definition) is 3. The van der Waals surface area contributed by atoms with Crippen LogP contribution in [0.4, 0.5) is 23.7 Å². The number of halogens is 3. The molecule has 0 heterocycles. The molecule has 0 bridgehead atoms.